The van der Waals surface area contributed by atoms with Gasteiger partial charge in [0.2, 0.25) is 5.91 Å². The number of benzene rings is 1. The van der Waals surface area contributed by atoms with Crippen LogP contribution in [0, 0.1) is 5.92 Å². The molecule has 0 saturated heterocycles. The number of hydrogen-bond acceptors (Lipinski definition) is 2. The molecule has 0 radical (unpaired) electrons. The molecular weight excluding hydrogens is 310 g/mol. The Morgan fingerprint density at radius 2 is 1.84 bits per heavy atom. The predicted molar refractivity (Wildman–Crippen MR) is 100 cm³/mol. The molecule has 1 saturated carbocycles. The minimum Gasteiger partial charge on any atom is -0.310 e. The van der Waals surface area contributed by atoms with Gasteiger partial charge in [-0.25, -0.2) is 4.98 Å². The number of pyridine rings is 1. The third kappa shape index (κ3) is 3.43. The third-order valence-corrected chi connectivity index (χ3v) is 5.09. The van der Waals surface area contributed by atoms with Gasteiger partial charge >= 0.3 is 0 Å². The monoisotopic (exact) mass is 333 g/mol. The Bertz CT molecular complexity index is 863. The molecule has 1 aromatic carbocycles. The number of nitrogens with one attached hydrogen (secondary N) is 1. The highest BCUT2D eigenvalue weighted by Crippen LogP contribution is 2.30. The third-order valence-electron chi connectivity index (χ3n) is 5.09. The molecule has 1 aliphatic rings. The highest BCUT2D eigenvalue weighted by Gasteiger charge is 2.19. The van der Waals surface area contributed by atoms with Crippen molar-refractivity contribution in [2.75, 3.05) is 5.32 Å². The van der Waals surface area contributed by atoms with Crippen LogP contribution in [0.15, 0.2) is 54.7 Å². The number of aromatic nitrogens is 2. The summed E-state index contributed by atoms with van der Waals surface area (Å²) in [6.45, 7) is 0. The van der Waals surface area contributed by atoms with E-state index in [1.165, 1.54) is 25.7 Å². The minimum atomic E-state index is 0.0785. The van der Waals surface area contributed by atoms with Crippen LogP contribution in [0.25, 0.3) is 16.9 Å². The normalized spacial score (nSPS) is 14.9. The first-order chi connectivity index (χ1) is 12.3. The van der Waals surface area contributed by atoms with Crippen LogP contribution in [0.5, 0.6) is 0 Å². The summed E-state index contributed by atoms with van der Waals surface area (Å²) in [7, 11) is 0. The Hall–Kier alpha value is -2.62. The first kappa shape index (κ1) is 15.9. The summed E-state index contributed by atoms with van der Waals surface area (Å²) in [4.78, 5) is 17.3. The lowest BCUT2D eigenvalue weighted by Crippen LogP contribution is -2.14. The van der Waals surface area contributed by atoms with E-state index in [-0.39, 0.29) is 5.91 Å². The summed E-state index contributed by atoms with van der Waals surface area (Å²) >= 11 is 0. The topological polar surface area (TPSA) is 46.4 Å². The maximum atomic E-state index is 12.5. The summed E-state index contributed by atoms with van der Waals surface area (Å²) in [5.74, 6) is 1.56. The lowest BCUT2D eigenvalue weighted by molar-refractivity contribution is -0.116. The Balaban J connectivity index is 1.60. The number of rotatable bonds is 5. The largest absolute Gasteiger partial charge is 0.310 e. The van der Waals surface area contributed by atoms with Crippen molar-refractivity contribution in [1.29, 1.82) is 0 Å². The summed E-state index contributed by atoms with van der Waals surface area (Å²) in [5.41, 5.74) is 2.67. The van der Waals surface area contributed by atoms with Crippen LogP contribution in [-0.4, -0.2) is 15.3 Å². The second-order valence-electron chi connectivity index (χ2n) is 6.84. The number of hydrogen-bond donors (Lipinski definition) is 1. The Morgan fingerprint density at radius 1 is 1.08 bits per heavy atom. The second kappa shape index (κ2) is 7.09. The molecule has 4 rings (SSSR count). The fourth-order valence-corrected chi connectivity index (χ4v) is 3.74. The summed E-state index contributed by atoms with van der Waals surface area (Å²) in [6, 6.07) is 15.9. The van der Waals surface area contributed by atoms with Gasteiger partial charge in [0.25, 0.3) is 0 Å². The van der Waals surface area contributed by atoms with E-state index in [1.807, 2.05) is 59.1 Å². The zero-order valence-corrected chi connectivity index (χ0v) is 14.3. The Morgan fingerprint density at radius 3 is 2.64 bits per heavy atom. The van der Waals surface area contributed by atoms with E-state index in [2.05, 4.69) is 5.32 Å². The van der Waals surface area contributed by atoms with Crippen LogP contribution in [0.1, 0.15) is 38.5 Å². The van der Waals surface area contributed by atoms with Gasteiger partial charge in [0.05, 0.1) is 0 Å². The number of carbonyl (C=O) groups excluding carboxylic acids is 1. The molecule has 25 heavy (non-hydrogen) atoms. The van der Waals surface area contributed by atoms with Gasteiger partial charge in [-0.05, 0) is 24.5 Å². The van der Waals surface area contributed by atoms with Gasteiger partial charge in [-0.1, -0.05) is 62.1 Å². The number of amides is 1. The molecule has 0 aliphatic heterocycles. The number of imidazole rings is 1. The molecule has 4 nitrogen and oxygen atoms in total. The molecular formula is C21H23N3O. The van der Waals surface area contributed by atoms with Gasteiger partial charge in [-0.3, -0.25) is 9.20 Å². The van der Waals surface area contributed by atoms with Crippen molar-refractivity contribution in [3.05, 3.63) is 54.7 Å². The summed E-state index contributed by atoms with van der Waals surface area (Å²) in [6.07, 6.45) is 8.70. The lowest BCUT2D eigenvalue weighted by Gasteiger charge is -2.10. The van der Waals surface area contributed by atoms with Gasteiger partial charge in [-0.2, -0.15) is 0 Å². The van der Waals surface area contributed by atoms with Gasteiger partial charge in [0.15, 0.2) is 0 Å². The van der Waals surface area contributed by atoms with Crippen LogP contribution in [0.2, 0.25) is 0 Å². The molecule has 128 valence electrons. The highest BCUT2D eigenvalue weighted by atomic mass is 16.1. The first-order valence-corrected chi connectivity index (χ1v) is 9.13. The van der Waals surface area contributed by atoms with Crippen molar-refractivity contribution in [1.82, 2.24) is 9.38 Å². The van der Waals surface area contributed by atoms with E-state index < -0.39 is 0 Å². The molecule has 0 spiro atoms. The highest BCUT2D eigenvalue weighted by molar-refractivity contribution is 5.94. The quantitative estimate of drug-likeness (QED) is 0.721. The molecule has 4 heteroatoms. The number of anilines is 1. The van der Waals surface area contributed by atoms with Crippen molar-refractivity contribution in [2.45, 2.75) is 38.5 Å². The lowest BCUT2D eigenvalue weighted by atomic mass is 10.0. The number of fused-ring (bicyclic) bond motifs is 1. The zero-order chi connectivity index (χ0) is 17.1. The first-order valence-electron chi connectivity index (χ1n) is 9.13. The van der Waals surface area contributed by atoms with Gasteiger partial charge in [-0.15, -0.1) is 0 Å². The van der Waals surface area contributed by atoms with Crippen molar-refractivity contribution in [2.24, 2.45) is 5.92 Å². The van der Waals surface area contributed by atoms with E-state index in [1.54, 1.807) is 0 Å². The van der Waals surface area contributed by atoms with Crippen molar-refractivity contribution < 1.29 is 4.79 Å². The van der Waals surface area contributed by atoms with E-state index in [0.717, 1.165) is 35.1 Å². The van der Waals surface area contributed by atoms with Gasteiger partial charge in [0, 0.05) is 18.2 Å². The molecule has 0 bridgehead atoms. The van der Waals surface area contributed by atoms with Crippen LogP contribution in [0.3, 0.4) is 0 Å². The van der Waals surface area contributed by atoms with Gasteiger partial charge in [0.1, 0.15) is 17.2 Å². The average Bonchev–Trinajstić information content (AvgIpc) is 3.29. The van der Waals surface area contributed by atoms with Crippen LogP contribution < -0.4 is 5.32 Å². The molecule has 0 unspecified atom stereocenters. The molecule has 2 aromatic heterocycles. The van der Waals surface area contributed by atoms with Crippen molar-refractivity contribution >= 4 is 17.4 Å². The van der Waals surface area contributed by atoms with E-state index in [4.69, 9.17) is 4.98 Å². The second-order valence-corrected chi connectivity index (χ2v) is 6.84. The standard InChI is InChI=1S/C21H23N3O/c25-19(14-13-16-8-4-5-9-16)23-21-20(17-10-2-1-3-11-17)22-18-12-6-7-15-24(18)21/h1-3,6-7,10-12,15-16H,4-5,8-9,13-14H2,(H,23,25). The smallest absolute Gasteiger partial charge is 0.225 e. The molecule has 1 fully saturated rings. The number of nitrogens with zero attached hydrogens (tertiary/aromatic N) is 2. The predicted octanol–water partition coefficient (Wildman–Crippen LogP) is 4.91. The van der Waals surface area contributed by atoms with Crippen LogP contribution >= 0.6 is 0 Å². The molecule has 3 aromatic rings. The molecule has 1 N–H and O–H groups in total. The molecule has 2 heterocycles. The zero-order valence-electron chi connectivity index (χ0n) is 14.3. The Kier molecular flexibility index (Phi) is 4.51. The SMILES string of the molecule is O=C(CCC1CCCC1)Nc1c(-c2ccccc2)nc2ccccn12. The minimum absolute atomic E-state index is 0.0785. The van der Waals surface area contributed by atoms with E-state index in [0.29, 0.717) is 6.42 Å². The maximum Gasteiger partial charge on any atom is 0.225 e. The molecule has 1 aliphatic carbocycles. The van der Waals surface area contributed by atoms with E-state index in [9.17, 15) is 4.79 Å². The molecule has 0 atom stereocenters. The van der Waals surface area contributed by atoms with Crippen molar-refractivity contribution in [3.8, 4) is 11.3 Å². The maximum absolute atomic E-state index is 12.5. The fraction of sp³-hybridized carbons (Fsp3) is 0.333. The fourth-order valence-electron chi connectivity index (χ4n) is 3.74. The van der Waals surface area contributed by atoms with Crippen molar-refractivity contribution in [3.63, 3.8) is 0 Å². The summed E-state index contributed by atoms with van der Waals surface area (Å²) < 4.78 is 1.95. The van der Waals surface area contributed by atoms with Gasteiger partial charge < -0.3 is 5.32 Å². The Labute approximate surface area is 147 Å². The number of carbonyl (C=O) groups is 1. The summed E-state index contributed by atoms with van der Waals surface area (Å²) in [5, 5.41) is 3.12. The average molecular weight is 333 g/mol. The van der Waals surface area contributed by atoms with Crippen LogP contribution in [0.4, 0.5) is 5.82 Å². The molecule has 1 amide bonds. The van der Waals surface area contributed by atoms with E-state index >= 15 is 0 Å². The van der Waals surface area contributed by atoms with Crippen LogP contribution in [-0.2, 0) is 4.79 Å².